The maximum atomic E-state index is 12.2. The second-order valence-corrected chi connectivity index (χ2v) is 6.33. The minimum Gasteiger partial charge on any atom is -0.465 e. The summed E-state index contributed by atoms with van der Waals surface area (Å²) in [4.78, 5) is 24.1. The summed E-state index contributed by atoms with van der Waals surface area (Å²) in [6.45, 7) is 9.57. The van der Waals surface area contributed by atoms with Gasteiger partial charge in [0.25, 0.3) is 0 Å². The van der Waals surface area contributed by atoms with Crippen LogP contribution in [0.3, 0.4) is 0 Å². The molecule has 18 heavy (non-hydrogen) atoms. The average Bonchev–Trinajstić information content (AvgIpc) is 2.15. The first kappa shape index (κ1) is 17.3. The Hall–Kier alpha value is -0.710. The Bertz CT molecular complexity index is 286. The summed E-state index contributed by atoms with van der Waals surface area (Å²) in [5, 5.41) is 2.87. The molecule has 0 aromatic heterocycles. The second-order valence-electron chi connectivity index (χ2n) is 5.42. The number of ether oxygens (including phenoxy) is 1. The standard InChI is InChI=1S/C13H25NO3S/c1-7-17-12(16)10(13(3,4)5)11(15)14-9(2)8-18-6/h9-10H,7-8H2,1-6H3,(H,14,15). The zero-order valence-corrected chi connectivity index (χ0v) is 13.0. The van der Waals surface area contributed by atoms with Crippen molar-refractivity contribution >= 4 is 23.6 Å². The molecule has 0 saturated heterocycles. The van der Waals surface area contributed by atoms with Crippen LogP contribution in [0.15, 0.2) is 0 Å². The molecule has 0 spiro atoms. The Labute approximate surface area is 114 Å². The van der Waals surface area contributed by atoms with Crippen molar-refractivity contribution in [2.75, 3.05) is 18.6 Å². The second kappa shape index (κ2) is 7.67. The third-order valence-corrected chi connectivity index (χ3v) is 3.29. The van der Waals surface area contributed by atoms with Crippen molar-refractivity contribution < 1.29 is 14.3 Å². The first-order chi connectivity index (χ1) is 8.23. The van der Waals surface area contributed by atoms with Gasteiger partial charge in [0.05, 0.1) is 6.61 Å². The van der Waals surface area contributed by atoms with E-state index >= 15 is 0 Å². The summed E-state index contributed by atoms with van der Waals surface area (Å²) >= 11 is 1.66. The number of hydrogen-bond acceptors (Lipinski definition) is 4. The fraction of sp³-hybridized carbons (Fsp3) is 0.846. The topological polar surface area (TPSA) is 55.4 Å². The maximum absolute atomic E-state index is 12.2. The van der Waals surface area contributed by atoms with E-state index < -0.39 is 17.3 Å². The monoisotopic (exact) mass is 275 g/mol. The van der Waals surface area contributed by atoms with Crippen molar-refractivity contribution in [3.05, 3.63) is 0 Å². The van der Waals surface area contributed by atoms with Crippen molar-refractivity contribution in [2.45, 2.75) is 40.7 Å². The molecule has 0 aliphatic carbocycles. The zero-order chi connectivity index (χ0) is 14.3. The summed E-state index contributed by atoms with van der Waals surface area (Å²) in [6.07, 6.45) is 1.98. The molecule has 5 heteroatoms. The minimum absolute atomic E-state index is 0.0479. The van der Waals surface area contributed by atoms with E-state index in [1.54, 1.807) is 18.7 Å². The van der Waals surface area contributed by atoms with Gasteiger partial charge in [-0.05, 0) is 25.5 Å². The van der Waals surface area contributed by atoms with E-state index in [1.165, 1.54) is 0 Å². The van der Waals surface area contributed by atoms with Crippen LogP contribution in [0, 0.1) is 11.3 Å². The minimum atomic E-state index is -0.762. The van der Waals surface area contributed by atoms with Crippen molar-refractivity contribution in [2.24, 2.45) is 11.3 Å². The number of hydrogen-bond donors (Lipinski definition) is 1. The molecule has 0 aromatic carbocycles. The van der Waals surface area contributed by atoms with Gasteiger partial charge in [0, 0.05) is 11.8 Å². The highest BCUT2D eigenvalue weighted by atomic mass is 32.2. The molecule has 0 bridgehead atoms. The van der Waals surface area contributed by atoms with Crippen LogP contribution < -0.4 is 5.32 Å². The predicted octanol–water partition coefficient (Wildman–Crippen LogP) is 2.08. The highest BCUT2D eigenvalue weighted by Gasteiger charge is 2.39. The third kappa shape index (κ3) is 5.76. The highest BCUT2D eigenvalue weighted by molar-refractivity contribution is 7.98. The molecule has 0 rings (SSSR count). The zero-order valence-electron chi connectivity index (χ0n) is 12.2. The van der Waals surface area contributed by atoms with Gasteiger partial charge in [0.15, 0.2) is 0 Å². The van der Waals surface area contributed by atoms with E-state index in [2.05, 4.69) is 5.32 Å². The van der Waals surface area contributed by atoms with E-state index in [1.807, 2.05) is 34.0 Å². The average molecular weight is 275 g/mol. The van der Waals surface area contributed by atoms with E-state index in [0.29, 0.717) is 6.61 Å². The van der Waals surface area contributed by atoms with Gasteiger partial charge in [-0.2, -0.15) is 11.8 Å². The van der Waals surface area contributed by atoms with Gasteiger partial charge in [-0.3, -0.25) is 9.59 Å². The molecule has 0 aromatic rings. The fourth-order valence-electron chi connectivity index (χ4n) is 1.70. The number of carbonyl (C=O) groups excluding carboxylic acids is 2. The Morgan fingerprint density at radius 3 is 2.28 bits per heavy atom. The highest BCUT2D eigenvalue weighted by Crippen LogP contribution is 2.27. The lowest BCUT2D eigenvalue weighted by Gasteiger charge is -2.28. The van der Waals surface area contributed by atoms with E-state index in [9.17, 15) is 9.59 Å². The molecule has 2 atom stereocenters. The number of amides is 1. The predicted molar refractivity (Wildman–Crippen MR) is 75.6 cm³/mol. The molecule has 0 saturated carbocycles. The molecule has 0 aliphatic rings. The van der Waals surface area contributed by atoms with E-state index in [-0.39, 0.29) is 11.9 Å². The third-order valence-electron chi connectivity index (χ3n) is 2.46. The normalized spacial score (nSPS) is 14.8. The van der Waals surface area contributed by atoms with Gasteiger partial charge in [-0.1, -0.05) is 20.8 Å². The molecule has 4 nitrogen and oxygen atoms in total. The van der Waals surface area contributed by atoms with Gasteiger partial charge in [0.1, 0.15) is 5.92 Å². The van der Waals surface area contributed by atoms with Crippen molar-refractivity contribution in [1.29, 1.82) is 0 Å². The summed E-state index contributed by atoms with van der Waals surface area (Å²) in [5.41, 5.74) is -0.449. The molecule has 106 valence electrons. The van der Waals surface area contributed by atoms with Crippen LogP contribution in [-0.2, 0) is 14.3 Å². The molecule has 0 radical (unpaired) electrons. The molecular formula is C13H25NO3S. The molecule has 0 heterocycles. The molecule has 2 unspecified atom stereocenters. The summed E-state index contributed by atoms with van der Waals surface area (Å²) in [5.74, 6) is -0.631. The van der Waals surface area contributed by atoms with Crippen LogP contribution in [-0.4, -0.2) is 36.5 Å². The van der Waals surface area contributed by atoms with Crippen LogP contribution in [0.25, 0.3) is 0 Å². The van der Waals surface area contributed by atoms with E-state index in [0.717, 1.165) is 5.75 Å². The van der Waals surface area contributed by atoms with Gasteiger partial charge in [-0.25, -0.2) is 0 Å². The van der Waals surface area contributed by atoms with Gasteiger partial charge >= 0.3 is 5.97 Å². The Morgan fingerprint density at radius 1 is 1.33 bits per heavy atom. The fourth-order valence-corrected chi connectivity index (χ4v) is 2.28. The summed E-state index contributed by atoms with van der Waals surface area (Å²) in [7, 11) is 0. The summed E-state index contributed by atoms with van der Waals surface area (Å²) in [6, 6.07) is 0.0479. The Morgan fingerprint density at radius 2 is 1.89 bits per heavy atom. The largest absolute Gasteiger partial charge is 0.465 e. The first-order valence-corrected chi connectivity index (χ1v) is 7.59. The molecule has 1 N–H and O–H groups in total. The van der Waals surface area contributed by atoms with Crippen LogP contribution >= 0.6 is 11.8 Å². The Kier molecular flexibility index (Phi) is 7.36. The lowest BCUT2D eigenvalue weighted by Crippen LogP contribution is -2.47. The van der Waals surface area contributed by atoms with Gasteiger partial charge in [0.2, 0.25) is 5.91 Å². The quantitative estimate of drug-likeness (QED) is 0.595. The lowest BCUT2D eigenvalue weighted by atomic mass is 9.80. The Balaban J connectivity index is 4.77. The maximum Gasteiger partial charge on any atom is 0.319 e. The lowest BCUT2D eigenvalue weighted by molar-refractivity contribution is -0.156. The van der Waals surface area contributed by atoms with Crippen LogP contribution in [0.5, 0.6) is 0 Å². The van der Waals surface area contributed by atoms with Crippen molar-refractivity contribution in [3.8, 4) is 0 Å². The molecular weight excluding hydrogens is 250 g/mol. The van der Waals surface area contributed by atoms with Crippen molar-refractivity contribution in [1.82, 2.24) is 5.32 Å². The number of carbonyl (C=O) groups is 2. The van der Waals surface area contributed by atoms with Crippen molar-refractivity contribution in [3.63, 3.8) is 0 Å². The molecule has 1 amide bonds. The molecule has 0 aliphatic heterocycles. The number of thioether (sulfide) groups is 1. The van der Waals surface area contributed by atoms with Gasteiger partial charge < -0.3 is 10.1 Å². The number of esters is 1. The number of rotatable bonds is 6. The van der Waals surface area contributed by atoms with Crippen LogP contribution in [0.2, 0.25) is 0 Å². The van der Waals surface area contributed by atoms with E-state index in [4.69, 9.17) is 4.74 Å². The number of nitrogens with one attached hydrogen (secondary N) is 1. The first-order valence-electron chi connectivity index (χ1n) is 6.20. The molecule has 0 fully saturated rings. The van der Waals surface area contributed by atoms with Crippen LogP contribution in [0.1, 0.15) is 34.6 Å². The van der Waals surface area contributed by atoms with Crippen LogP contribution in [0.4, 0.5) is 0 Å². The SMILES string of the molecule is CCOC(=O)C(C(=O)NC(C)CSC)C(C)(C)C. The van der Waals surface area contributed by atoms with Gasteiger partial charge in [-0.15, -0.1) is 0 Å². The summed E-state index contributed by atoms with van der Waals surface area (Å²) < 4.78 is 4.99. The smallest absolute Gasteiger partial charge is 0.319 e.